The molecule has 6 nitrogen and oxygen atoms in total. The number of amides is 4. The van der Waals surface area contributed by atoms with E-state index in [0.717, 1.165) is 11.3 Å². The molecule has 0 spiro atoms. The Bertz CT molecular complexity index is 627. The van der Waals surface area contributed by atoms with Gasteiger partial charge in [-0.3, -0.25) is 14.5 Å². The molecule has 1 atom stereocenters. The van der Waals surface area contributed by atoms with Gasteiger partial charge in [-0.25, -0.2) is 4.79 Å². The van der Waals surface area contributed by atoms with Gasteiger partial charge in [-0.15, -0.1) is 0 Å². The standard InChI is InChI=1S/C17H23N3O3/c1-5-16(2,3)18-13(21)11-20-14(22)17(4,19-15(20)23)12-9-7-6-8-10-12/h6-10H,5,11H2,1-4H3,(H,18,21)(H,19,23)/t17-/m0/s1. The molecule has 1 aliphatic heterocycles. The SMILES string of the molecule is CCC(C)(C)NC(=O)CN1C(=O)N[C@@](C)(c2ccccc2)C1=O. The number of urea groups is 1. The van der Waals surface area contributed by atoms with Crippen LogP contribution >= 0.6 is 0 Å². The second-order valence-corrected chi connectivity index (χ2v) is 6.60. The van der Waals surface area contributed by atoms with Crippen molar-refractivity contribution in [3.63, 3.8) is 0 Å². The smallest absolute Gasteiger partial charge is 0.325 e. The summed E-state index contributed by atoms with van der Waals surface area (Å²) < 4.78 is 0. The minimum absolute atomic E-state index is 0.281. The largest absolute Gasteiger partial charge is 0.350 e. The molecule has 2 N–H and O–H groups in total. The summed E-state index contributed by atoms with van der Waals surface area (Å²) in [6.45, 7) is 7.11. The zero-order valence-corrected chi connectivity index (χ0v) is 14.0. The van der Waals surface area contributed by atoms with Crippen LogP contribution in [0.4, 0.5) is 4.79 Å². The molecule has 1 saturated heterocycles. The van der Waals surface area contributed by atoms with Gasteiger partial charge < -0.3 is 10.6 Å². The minimum Gasteiger partial charge on any atom is -0.350 e. The number of rotatable bonds is 5. The summed E-state index contributed by atoms with van der Waals surface area (Å²) in [6, 6.07) is 8.46. The highest BCUT2D eigenvalue weighted by molar-refractivity contribution is 6.09. The second-order valence-electron chi connectivity index (χ2n) is 6.60. The van der Waals surface area contributed by atoms with E-state index in [2.05, 4.69) is 10.6 Å². The molecule has 0 unspecified atom stereocenters. The third-order valence-electron chi connectivity index (χ3n) is 4.29. The first-order valence-corrected chi connectivity index (χ1v) is 7.70. The summed E-state index contributed by atoms with van der Waals surface area (Å²) in [6.07, 6.45) is 0.751. The van der Waals surface area contributed by atoms with Crippen molar-refractivity contribution in [1.82, 2.24) is 15.5 Å². The highest BCUT2D eigenvalue weighted by atomic mass is 16.2. The average molecular weight is 317 g/mol. The number of hydrogen-bond acceptors (Lipinski definition) is 3. The van der Waals surface area contributed by atoms with Crippen LogP contribution in [0, 0.1) is 0 Å². The summed E-state index contributed by atoms with van der Waals surface area (Å²) in [5, 5.41) is 5.51. The third kappa shape index (κ3) is 3.36. The van der Waals surface area contributed by atoms with Crippen molar-refractivity contribution in [2.45, 2.75) is 45.2 Å². The first kappa shape index (κ1) is 17.0. The molecule has 0 aromatic heterocycles. The van der Waals surface area contributed by atoms with Gasteiger partial charge in [0, 0.05) is 5.54 Å². The van der Waals surface area contributed by atoms with Crippen LogP contribution in [0.1, 0.15) is 39.7 Å². The number of benzene rings is 1. The molecule has 0 aliphatic carbocycles. The van der Waals surface area contributed by atoms with Gasteiger partial charge in [0.25, 0.3) is 5.91 Å². The number of nitrogens with one attached hydrogen (secondary N) is 2. The normalized spacial score (nSPS) is 21.3. The predicted octanol–water partition coefficient (Wildman–Crippen LogP) is 1.76. The Kier molecular flexibility index (Phi) is 4.45. The zero-order valence-electron chi connectivity index (χ0n) is 14.0. The highest BCUT2D eigenvalue weighted by Gasteiger charge is 2.49. The fraction of sp³-hybridized carbons (Fsp3) is 0.471. The number of nitrogens with zero attached hydrogens (tertiary/aromatic N) is 1. The lowest BCUT2D eigenvalue weighted by Crippen LogP contribution is -2.49. The Morgan fingerprint density at radius 1 is 1.26 bits per heavy atom. The quantitative estimate of drug-likeness (QED) is 0.812. The van der Waals surface area contributed by atoms with Crippen LogP contribution in [0.2, 0.25) is 0 Å². The van der Waals surface area contributed by atoms with Gasteiger partial charge >= 0.3 is 6.03 Å². The van der Waals surface area contributed by atoms with Crippen LogP contribution < -0.4 is 10.6 Å². The third-order valence-corrected chi connectivity index (χ3v) is 4.29. The van der Waals surface area contributed by atoms with Crippen LogP contribution in [-0.4, -0.2) is 34.8 Å². The lowest BCUT2D eigenvalue weighted by atomic mass is 9.92. The Labute approximate surface area is 136 Å². The summed E-state index contributed by atoms with van der Waals surface area (Å²) in [4.78, 5) is 37.9. The van der Waals surface area contributed by atoms with Gasteiger partial charge in [-0.05, 0) is 32.8 Å². The molecule has 124 valence electrons. The summed E-state index contributed by atoms with van der Waals surface area (Å²) in [5.41, 5.74) is -0.826. The van der Waals surface area contributed by atoms with Gasteiger partial charge in [0.15, 0.2) is 0 Å². The van der Waals surface area contributed by atoms with E-state index in [-0.39, 0.29) is 18.0 Å². The molecule has 23 heavy (non-hydrogen) atoms. The summed E-state index contributed by atoms with van der Waals surface area (Å²) >= 11 is 0. The van der Waals surface area contributed by atoms with Crippen molar-refractivity contribution < 1.29 is 14.4 Å². The minimum atomic E-state index is -1.14. The predicted molar refractivity (Wildman–Crippen MR) is 86.6 cm³/mol. The van der Waals surface area contributed by atoms with E-state index in [1.165, 1.54) is 0 Å². The molecule has 1 aromatic carbocycles. The van der Waals surface area contributed by atoms with Crippen molar-refractivity contribution in [3.8, 4) is 0 Å². The van der Waals surface area contributed by atoms with Crippen molar-refractivity contribution in [2.24, 2.45) is 0 Å². The van der Waals surface area contributed by atoms with E-state index in [0.29, 0.717) is 5.56 Å². The number of carbonyl (C=O) groups excluding carboxylic acids is 3. The van der Waals surface area contributed by atoms with Gasteiger partial charge in [0.2, 0.25) is 5.91 Å². The molecule has 0 bridgehead atoms. The maximum Gasteiger partial charge on any atom is 0.325 e. The molecule has 2 rings (SSSR count). The van der Waals surface area contributed by atoms with E-state index in [4.69, 9.17) is 0 Å². The first-order valence-electron chi connectivity index (χ1n) is 7.70. The molecule has 1 aliphatic rings. The van der Waals surface area contributed by atoms with Crippen molar-refractivity contribution in [2.75, 3.05) is 6.54 Å². The molecule has 4 amide bonds. The van der Waals surface area contributed by atoms with Gasteiger partial charge in [-0.1, -0.05) is 37.3 Å². The monoisotopic (exact) mass is 317 g/mol. The first-order chi connectivity index (χ1) is 10.7. The van der Waals surface area contributed by atoms with E-state index in [9.17, 15) is 14.4 Å². The van der Waals surface area contributed by atoms with Crippen LogP contribution in [-0.2, 0) is 15.1 Å². The van der Waals surface area contributed by atoms with E-state index >= 15 is 0 Å². The Hall–Kier alpha value is -2.37. The van der Waals surface area contributed by atoms with E-state index in [1.807, 2.05) is 26.8 Å². The Morgan fingerprint density at radius 3 is 2.43 bits per heavy atom. The molecular weight excluding hydrogens is 294 g/mol. The fourth-order valence-electron chi connectivity index (χ4n) is 2.46. The Balaban J connectivity index is 2.15. The molecule has 1 fully saturated rings. The molecular formula is C17H23N3O3. The lowest BCUT2D eigenvalue weighted by molar-refractivity contribution is -0.135. The van der Waals surface area contributed by atoms with E-state index in [1.54, 1.807) is 31.2 Å². The maximum absolute atomic E-state index is 12.7. The molecule has 1 aromatic rings. The van der Waals surface area contributed by atoms with Crippen molar-refractivity contribution in [1.29, 1.82) is 0 Å². The van der Waals surface area contributed by atoms with Crippen molar-refractivity contribution >= 4 is 17.8 Å². The molecule has 1 heterocycles. The molecule has 0 saturated carbocycles. The van der Waals surface area contributed by atoms with Gasteiger partial charge in [-0.2, -0.15) is 0 Å². The number of hydrogen-bond donors (Lipinski definition) is 2. The van der Waals surface area contributed by atoms with Gasteiger partial charge in [0.05, 0.1) is 0 Å². The fourth-order valence-corrected chi connectivity index (χ4v) is 2.46. The number of imide groups is 1. The Morgan fingerprint density at radius 2 is 1.87 bits per heavy atom. The molecule has 0 radical (unpaired) electrons. The maximum atomic E-state index is 12.7. The summed E-state index contributed by atoms with van der Waals surface area (Å²) in [5.74, 6) is -0.768. The van der Waals surface area contributed by atoms with Crippen molar-refractivity contribution in [3.05, 3.63) is 35.9 Å². The highest BCUT2D eigenvalue weighted by Crippen LogP contribution is 2.28. The average Bonchev–Trinajstić information content (AvgIpc) is 2.72. The zero-order chi connectivity index (χ0) is 17.3. The van der Waals surface area contributed by atoms with Crippen LogP contribution in [0.5, 0.6) is 0 Å². The van der Waals surface area contributed by atoms with Crippen LogP contribution in [0.15, 0.2) is 30.3 Å². The van der Waals surface area contributed by atoms with Crippen LogP contribution in [0.3, 0.4) is 0 Å². The number of carbonyl (C=O) groups is 3. The topological polar surface area (TPSA) is 78.5 Å². The van der Waals surface area contributed by atoms with E-state index < -0.39 is 17.5 Å². The lowest BCUT2D eigenvalue weighted by Gasteiger charge is -2.26. The van der Waals surface area contributed by atoms with Gasteiger partial charge in [0.1, 0.15) is 12.1 Å². The second kappa shape index (κ2) is 6.02. The molecule has 6 heteroatoms. The van der Waals surface area contributed by atoms with Crippen LogP contribution in [0.25, 0.3) is 0 Å². The summed E-state index contributed by atoms with van der Waals surface area (Å²) in [7, 11) is 0.